The SMILES string of the molecule is CC1(COc2ccccc2)CC=C(c2ccc(-c3ccc(Br)cc3)cc2)N(c2cnc[nH]2)O1. The molecule has 6 heteroatoms. The fourth-order valence-electron chi connectivity index (χ4n) is 3.79. The lowest BCUT2D eigenvalue weighted by Gasteiger charge is -2.39. The first-order chi connectivity index (χ1) is 16.1. The largest absolute Gasteiger partial charge is 0.490 e. The van der Waals surface area contributed by atoms with Gasteiger partial charge in [0.05, 0.1) is 18.2 Å². The average molecular weight is 502 g/mol. The van der Waals surface area contributed by atoms with Crippen molar-refractivity contribution in [2.24, 2.45) is 0 Å². The smallest absolute Gasteiger partial charge is 0.155 e. The molecule has 33 heavy (non-hydrogen) atoms. The summed E-state index contributed by atoms with van der Waals surface area (Å²) in [4.78, 5) is 13.9. The number of ether oxygens (including phenoxy) is 1. The number of imidazole rings is 1. The summed E-state index contributed by atoms with van der Waals surface area (Å²) in [5.41, 5.74) is 3.85. The maximum absolute atomic E-state index is 6.50. The molecule has 0 bridgehead atoms. The summed E-state index contributed by atoms with van der Waals surface area (Å²) in [6.45, 7) is 2.48. The summed E-state index contributed by atoms with van der Waals surface area (Å²) < 4.78 is 7.09. The molecule has 1 atom stereocenters. The van der Waals surface area contributed by atoms with Crippen LogP contribution < -0.4 is 9.80 Å². The van der Waals surface area contributed by atoms with Crippen LogP contribution in [0.15, 0.2) is 102 Å². The van der Waals surface area contributed by atoms with Crippen LogP contribution >= 0.6 is 15.9 Å². The highest BCUT2D eigenvalue weighted by atomic mass is 79.9. The number of anilines is 1. The van der Waals surface area contributed by atoms with Gasteiger partial charge in [-0.05, 0) is 42.3 Å². The number of hydrogen-bond donors (Lipinski definition) is 1. The van der Waals surface area contributed by atoms with Crippen molar-refractivity contribution in [3.8, 4) is 16.9 Å². The highest BCUT2D eigenvalue weighted by Gasteiger charge is 2.35. The molecule has 0 aliphatic carbocycles. The molecule has 0 saturated carbocycles. The first-order valence-electron chi connectivity index (χ1n) is 10.8. The minimum atomic E-state index is -0.526. The van der Waals surface area contributed by atoms with E-state index < -0.39 is 5.60 Å². The second-order valence-corrected chi connectivity index (χ2v) is 9.17. The zero-order chi connectivity index (χ0) is 22.7. The minimum absolute atomic E-state index is 0.425. The number of hydroxylamine groups is 1. The molecule has 1 aliphatic heterocycles. The van der Waals surface area contributed by atoms with Crippen molar-refractivity contribution in [3.63, 3.8) is 0 Å². The van der Waals surface area contributed by atoms with Gasteiger partial charge in [0.1, 0.15) is 18.0 Å². The van der Waals surface area contributed by atoms with Crippen LogP contribution in [0.5, 0.6) is 5.75 Å². The lowest BCUT2D eigenvalue weighted by atomic mass is 9.98. The number of para-hydroxylation sites is 1. The Kier molecular flexibility index (Phi) is 6.03. The molecule has 4 aromatic rings. The van der Waals surface area contributed by atoms with Crippen LogP contribution in [-0.2, 0) is 4.84 Å². The van der Waals surface area contributed by atoms with Crippen LogP contribution in [0, 0.1) is 0 Å². The van der Waals surface area contributed by atoms with Gasteiger partial charge in [0.15, 0.2) is 5.82 Å². The number of benzene rings is 3. The Morgan fingerprint density at radius 2 is 1.64 bits per heavy atom. The molecule has 5 rings (SSSR count). The summed E-state index contributed by atoms with van der Waals surface area (Å²) in [6.07, 6.45) is 6.33. The Hall–Kier alpha value is -3.35. The van der Waals surface area contributed by atoms with Crippen LogP contribution in [0.25, 0.3) is 16.8 Å². The summed E-state index contributed by atoms with van der Waals surface area (Å²) in [5, 5.41) is 1.82. The van der Waals surface area contributed by atoms with Gasteiger partial charge in [-0.1, -0.05) is 76.6 Å². The quantitative estimate of drug-likeness (QED) is 0.313. The lowest BCUT2D eigenvalue weighted by molar-refractivity contribution is -0.0642. The second-order valence-electron chi connectivity index (χ2n) is 8.25. The summed E-state index contributed by atoms with van der Waals surface area (Å²) in [6, 6.07) is 26.7. The molecule has 2 heterocycles. The minimum Gasteiger partial charge on any atom is -0.490 e. The van der Waals surface area contributed by atoms with E-state index in [9.17, 15) is 0 Å². The first-order valence-corrected chi connectivity index (χ1v) is 11.6. The number of aromatic amines is 1. The van der Waals surface area contributed by atoms with E-state index in [1.165, 1.54) is 5.56 Å². The van der Waals surface area contributed by atoms with Crippen molar-refractivity contribution in [3.05, 3.63) is 107 Å². The maximum Gasteiger partial charge on any atom is 0.155 e. The van der Waals surface area contributed by atoms with Gasteiger partial charge >= 0.3 is 0 Å². The number of halogens is 1. The third kappa shape index (κ3) is 4.87. The Bertz CT molecular complexity index is 1220. The van der Waals surface area contributed by atoms with E-state index in [1.54, 1.807) is 12.5 Å². The average Bonchev–Trinajstić information content (AvgIpc) is 3.39. The summed E-state index contributed by atoms with van der Waals surface area (Å²) >= 11 is 3.50. The standard InChI is InChI=1S/C27H24BrN3O2/c1-27(18-32-24-5-3-2-4-6-24)16-15-25(31(33-27)26-17-29-19-30-26)22-9-7-20(8-10-22)21-11-13-23(28)14-12-21/h2-15,17,19H,16,18H2,1H3,(H,29,30). The molecule has 0 spiro atoms. The molecule has 1 aromatic heterocycles. The molecule has 0 fully saturated rings. The van der Waals surface area contributed by atoms with E-state index >= 15 is 0 Å². The van der Waals surface area contributed by atoms with Crippen molar-refractivity contribution in [2.75, 3.05) is 11.7 Å². The van der Waals surface area contributed by atoms with Crippen LogP contribution in [-0.4, -0.2) is 22.2 Å². The molecule has 0 radical (unpaired) electrons. The van der Waals surface area contributed by atoms with Gasteiger partial charge in [-0.2, -0.15) is 0 Å². The zero-order valence-corrected chi connectivity index (χ0v) is 19.8. The van der Waals surface area contributed by atoms with Crippen LogP contribution in [0.1, 0.15) is 18.9 Å². The van der Waals surface area contributed by atoms with Gasteiger partial charge in [-0.25, -0.2) is 10.0 Å². The third-order valence-electron chi connectivity index (χ3n) is 5.61. The molecule has 0 saturated heterocycles. The molecular weight excluding hydrogens is 478 g/mol. The van der Waals surface area contributed by atoms with E-state index in [2.05, 4.69) is 87.4 Å². The molecule has 1 aliphatic rings. The molecular formula is C27H24BrN3O2. The van der Waals surface area contributed by atoms with E-state index in [1.807, 2.05) is 35.4 Å². The van der Waals surface area contributed by atoms with Crippen LogP contribution in [0.2, 0.25) is 0 Å². The topological polar surface area (TPSA) is 50.4 Å². The highest BCUT2D eigenvalue weighted by molar-refractivity contribution is 9.10. The van der Waals surface area contributed by atoms with E-state index in [4.69, 9.17) is 9.57 Å². The monoisotopic (exact) mass is 501 g/mol. The second kappa shape index (κ2) is 9.25. The van der Waals surface area contributed by atoms with Gasteiger partial charge in [0, 0.05) is 16.5 Å². The van der Waals surface area contributed by atoms with Gasteiger partial charge in [-0.3, -0.25) is 4.84 Å². The van der Waals surface area contributed by atoms with Crippen molar-refractivity contribution in [1.29, 1.82) is 0 Å². The maximum atomic E-state index is 6.50. The number of hydrogen-bond acceptors (Lipinski definition) is 4. The normalized spacial score (nSPS) is 18.1. The Morgan fingerprint density at radius 1 is 0.970 bits per heavy atom. The van der Waals surface area contributed by atoms with Gasteiger partial charge in [0.25, 0.3) is 0 Å². The van der Waals surface area contributed by atoms with E-state index in [0.29, 0.717) is 13.0 Å². The van der Waals surface area contributed by atoms with Crippen molar-refractivity contribution in [1.82, 2.24) is 9.97 Å². The predicted octanol–water partition coefficient (Wildman–Crippen LogP) is 6.86. The number of nitrogens with zero attached hydrogens (tertiary/aromatic N) is 2. The van der Waals surface area contributed by atoms with Gasteiger partial charge in [-0.15, -0.1) is 0 Å². The van der Waals surface area contributed by atoms with E-state index in [0.717, 1.165) is 32.9 Å². The van der Waals surface area contributed by atoms with Gasteiger partial charge in [0.2, 0.25) is 0 Å². The molecule has 5 nitrogen and oxygen atoms in total. The third-order valence-corrected chi connectivity index (χ3v) is 6.13. The van der Waals surface area contributed by atoms with Gasteiger partial charge < -0.3 is 9.72 Å². The molecule has 1 unspecified atom stereocenters. The van der Waals surface area contributed by atoms with Crippen LogP contribution in [0.3, 0.4) is 0 Å². The van der Waals surface area contributed by atoms with Crippen molar-refractivity contribution >= 4 is 27.4 Å². The molecule has 3 aromatic carbocycles. The number of H-pyrrole nitrogens is 1. The van der Waals surface area contributed by atoms with E-state index in [-0.39, 0.29) is 0 Å². The highest BCUT2D eigenvalue weighted by Crippen LogP contribution is 2.36. The molecule has 1 N–H and O–H groups in total. The van der Waals surface area contributed by atoms with Crippen LogP contribution in [0.4, 0.5) is 5.82 Å². The first kappa shape index (κ1) is 21.5. The Labute approximate surface area is 201 Å². The lowest BCUT2D eigenvalue weighted by Crippen LogP contribution is -2.45. The fourth-order valence-corrected chi connectivity index (χ4v) is 4.05. The Morgan fingerprint density at radius 3 is 2.30 bits per heavy atom. The number of rotatable bonds is 6. The molecule has 166 valence electrons. The Balaban J connectivity index is 1.40. The predicted molar refractivity (Wildman–Crippen MR) is 135 cm³/mol. The zero-order valence-electron chi connectivity index (χ0n) is 18.2. The fraction of sp³-hybridized carbons (Fsp3) is 0.148. The molecule has 0 amide bonds. The van der Waals surface area contributed by atoms with Crippen molar-refractivity contribution < 1.29 is 9.57 Å². The number of aromatic nitrogens is 2. The number of nitrogens with one attached hydrogen (secondary N) is 1. The summed E-state index contributed by atoms with van der Waals surface area (Å²) in [7, 11) is 0. The van der Waals surface area contributed by atoms with Crippen molar-refractivity contribution in [2.45, 2.75) is 18.9 Å². The summed E-state index contributed by atoms with van der Waals surface area (Å²) in [5.74, 6) is 1.59.